The predicted octanol–water partition coefficient (Wildman–Crippen LogP) is 2.42. The Morgan fingerprint density at radius 3 is 2.38 bits per heavy atom. The number of benzene rings is 1. The van der Waals surface area contributed by atoms with Gasteiger partial charge in [0, 0.05) is 13.0 Å². The van der Waals surface area contributed by atoms with Gasteiger partial charge in [-0.2, -0.15) is 21.6 Å². The summed E-state index contributed by atoms with van der Waals surface area (Å²) in [5, 5.41) is -1.63. The van der Waals surface area contributed by atoms with E-state index in [4.69, 9.17) is 0 Å². The van der Waals surface area contributed by atoms with Crippen LogP contribution < -0.4 is 4.90 Å². The highest BCUT2D eigenvalue weighted by atomic mass is 32.3. The number of hydrogen-bond acceptors (Lipinski definition) is 3. The van der Waals surface area contributed by atoms with Gasteiger partial charge >= 0.3 is 16.4 Å². The van der Waals surface area contributed by atoms with Gasteiger partial charge in [0.15, 0.2) is 0 Å². The molecule has 1 aromatic carbocycles. The van der Waals surface area contributed by atoms with Crippen molar-refractivity contribution < 1.29 is 30.3 Å². The fraction of sp³-hybridized carbons (Fsp3) is 0.417. The highest BCUT2D eigenvalue weighted by Crippen LogP contribution is 2.39. The molecule has 1 aliphatic rings. The summed E-state index contributed by atoms with van der Waals surface area (Å²) in [6.45, 7) is 0.914. The van der Waals surface area contributed by atoms with Gasteiger partial charge in [0.1, 0.15) is 5.25 Å². The molecule has 9 heteroatoms. The van der Waals surface area contributed by atoms with Gasteiger partial charge in [-0.3, -0.25) is 4.79 Å². The minimum absolute atomic E-state index is 0.446. The summed E-state index contributed by atoms with van der Waals surface area (Å²) in [4.78, 5) is 12.4. The molecule has 0 aromatic heterocycles. The average Bonchev–Trinajstić information content (AvgIpc) is 2.69. The van der Waals surface area contributed by atoms with Gasteiger partial charge in [0.2, 0.25) is 5.91 Å². The number of carbonyl (C=O) groups is 1. The van der Waals surface area contributed by atoms with E-state index in [1.54, 1.807) is 0 Å². The second-order valence-electron chi connectivity index (χ2n) is 4.82. The van der Waals surface area contributed by atoms with E-state index >= 15 is 0 Å². The number of hydrogen-bond donors (Lipinski definition) is 0. The van der Waals surface area contributed by atoms with Crippen LogP contribution in [0, 0.1) is 6.92 Å². The van der Waals surface area contributed by atoms with Gasteiger partial charge in [-0.25, -0.2) is 0 Å². The lowest BCUT2D eigenvalue weighted by Crippen LogP contribution is -2.29. The monoisotopic (exact) mass is 325 g/mol. The molecule has 21 heavy (non-hydrogen) atoms. The molecule has 1 fully saturated rings. The number of anilines is 1. The standard InChI is InChI=1S/C12H11F4NO3S/c1-7-2-3-9(12(13,14)15)10(4-7)17-6-8(5-11(17)18)21(16,19)20/h2-4,8H,5-6H2,1H3. The van der Waals surface area contributed by atoms with Crippen LogP contribution in [0.1, 0.15) is 17.5 Å². The Kier molecular flexibility index (Phi) is 3.73. The number of rotatable bonds is 2. The molecule has 0 aliphatic carbocycles. The molecule has 0 radical (unpaired) electrons. The molecule has 0 saturated carbocycles. The van der Waals surface area contributed by atoms with E-state index in [9.17, 15) is 30.3 Å². The number of amides is 1. The van der Waals surface area contributed by atoms with Crippen molar-refractivity contribution in [3.8, 4) is 0 Å². The van der Waals surface area contributed by atoms with Gasteiger partial charge in [-0.05, 0) is 24.6 Å². The fourth-order valence-corrected chi connectivity index (χ4v) is 2.87. The van der Waals surface area contributed by atoms with Crippen molar-refractivity contribution in [2.24, 2.45) is 0 Å². The zero-order chi connectivity index (χ0) is 16.0. The smallest absolute Gasteiger partial charge is 0.310 e. The Bertz CT molecular complexity index is 684. The van der Waals surface area contributed by atoms with Gasteiger partial charge in [-0.1, -0.05) is 6.07 Å². The van der Waals surface area contributed by atoms with Crippen LogP contribution in [0.4, 0.5) is 22.7 Å². The lowest BCUT2D eigenvalue weighted by atomic mass is 10.1. The molecule has 1 aromatic rings. The lowest BCUT2D eigenvalue weighted by Gasteiger charge is -2.22. The maximum Gasteiger partial charge on any atom is 0.418 e. The Morgan fingerprint density at radius 2 is 1.90 bits per heavy atom. The molecule has 1 heterocycles. The third kappa shape index (κ3) is 3.17. The first-order valence-electron chi connectivity index (χ1n) is 5.92. The van der Waals surface area contributed by atoms with Crippen LogP contribution in [0.5, 0.6) is 0 Å². The van der Waals surface area contributed by atoms with E-state index in [1.807, 2.05) is 0 Å². The molecule has 4 nitrogen and oxygen atoms in total. The van der Waals surface area contributed by atoms with Crippen LogP contribution in [-0.4, -0.2) is 26.1 Å². The number of alkyl halides is 3. The summed E-state index contributed by atoms with van der Waals surface area (Å²) in [6.07, 6.45) is -5.36. The summed E-state index contributed by atoms with van der Waals surface area (Å²) in [5.74, 6) is -0.850. The second kappa shape index (κ2) is 4.97. The van der Waals surface area contributed by atoms with E-state index in [0.717, 1.165) is 12.1 Å². The van der Waals surface area contributed by atoms with Crippen molar-refractivity contribution in [1.29, 1.82) is 0 Å². The van der Waals surface area contributed by atoms with Crippen molar-refractivity contribution in [2.75, 3.05) is 11.4 Å². The summed E-state index contributed by atoms with van der Waals surface area (Å²) in [5.41, 5.74) is -1.03. The first-order chi connectivity index (χ1) is 9.50. The van der Waals surface area contributed by atoms with Crippen LogP contribution >= 0.6 is 0 Å². The normalized spacial score (nSPS) is 20.1. The zero-order valence-corrected chi connectivity index (χ0v) is 11.6. The van der Waals surface area contributed by atoms with Gasteiger partial charge in [0.05, 0.1) is 11.3 Å². The van der Waals surface area contributed by atoms with E-state index < -0.39 is 51.8 Å². The molecule has 1 unspecified atom stereocenters. The molecule has 0 N–H and O–H groups in total. The van der Waals surface area contributed by atoms with E-state index in [0.29, 0.717) is 10.5 Å². The first-order valence-corrected chi connectivity index (χ1v) is 7.36. The van der Waals surface area contributed by atoms with Crippen molar-refractivity contribution in [3.63, 3.8) is 0 Å². The van der Waals surface area contributed by atoms with Gasteiger partial charge in [-0.15, -0.1) is 3.89 Å². The molecular formula is C12H11F4NO3S. The van der Waals surface area contributed by atoms with Crippen LogP contribution in [0.25, 0.3) is 0 Å². The van der Waals surface area contributed by atoms with Crippen molar-refractivity contribution in [3.05, 3.63) is 29.3 Å². The highest BCUT2D eigenvalue weighted by molar-refractivity contribution is 7.87. The third-order valence-electron chi connectivity index (χ3n) is 3.24. The zero-order valence-electron chi connectivity index (χ0n) is 10.8. The molecular weight excluding hydrogens is 314 g/mol. The number of carbonyl (C=O) groups excluding carboxylic acids is 1. The van der Waals surface area contributed by atoms with E-state index in [2.05, 4.69) is 0 Å². The predicted molar refractivity (Wildman–Crippen MR) is 67.0 cm³/mol. The number of halogens is 4. The molecule has 1 atom stereocenters. The van der Waals surface area contributed by atoms with E-state index in [-0.39, 0.29) is 0 Å². The molecule has 1 aliphatic heterocycles. The van der Waals surface area contributed by atoms with Gasteiger partial charge < -0.3 is 4.90 Å². The van der Waals surface area contributed by atoms with Crippen molar-refractivity contribution in [1.82, 2.24) is 0 Å². The second-order valence-corrected chi connectivity index (χ2v) is 6.44. The molecule has 0 spiro atoms. The Labute approximate surface area is 118 Å². The lowest BCUT2D eigenvalue weighted by molar-refractivity contribution is -0.137. The molecule has 0 bridgehead atoms. The van der Waals surface area contributed by atoms with Crippen LogP contribution in [0.15, 0.2) is 18.2 Å². The molecule has 1 amide bonds. The van der Waals surface area contributed by atoms with Crippen LogP contribution in [0.3, 0.4) is 0 Å². The summed E-state index contributed by atoms with van der Waals surface area (Å²) < 4.78 is 73.5. The van der Waals surface area contributed by atoms with Gasteiger partial charge in [0.25, 0.3) is 0 Å². The van der Waals surface area contributed by atoms with E-state index in [1.165, 1.54) is 13.0 Å². The molecule has 1 saturated heterocycles. The summed E-state index contributed by atoms with van der Waals surface area (Å²) >= 11 is 0. The Balaban J connectivity index is 2.48. The van der Waals surface area contributed by atoms with Crippen LogP contribution in [-0.2, 0) is 21.2 Å². The quantitative estimate of drug-likeness (QED) is 0.620. The van der Waals surface area contributed by atoms with Crippen LogP contribution in [0.2, 0.25) is 0 Å². The highest BCUT2D eigenvalue weighted by Gasteiger charge is 2.42. The number of nitrogens with zero attached hydrogens (tertiary/aromatic N) is 1. The maximum absolute atomic E-state index is 13.0. The topological polar surface area (TPSA) is 54.5 Å². The third-order valence-corrected chi connectivity index (χ3v) is 4.35. The Hall–Kier alpha value is -1.64. The Morgan fingerprint density at radius 1 is 1.29 bits per heavy atom. The minimum Gasteiger partial charge on any atom is -0.310 e. The average molecular weight is 325 g/mol. The molecule has 2 rings (SSSR count). The fourth-order valence-electron chi connectivity index (χ4n) is 2.20. The van der Waals surface area contributed by atoms with Crippen molar-refractivity contribution >= 4 is 21.8 Å². The summed E-state index contributed by atoms with van der Waals surface area (Å²) in [7, 11) is -4.98. The maximum atomic E-state index is 13.0. The van der Waals surface area contributed by atoms with Crippen molar-refractivity contribution in [2.45, 2.75) is 24.8 Å². The SMILES string of the molecule is Cc1ccc(C(F)(F)F)c(N2CC(S(=O)(=O)F)CC2=O)c1. The largest absolute Gasteiger partial charge is 0.418 e. The first kappa shape index (κ1) is 15.7. The summed E-state index contributed by atoms with van der Waals surface area (Å²) in [6, 6.07) is 3.18. The number of aryl methyl sites for hydroxylation is 1. The molecule has 116 valence electrons. The minimum atomic E-state index is -4.98.